The fourth-order valence-electron chi connectivity index (χ4n) is 3.84. The first kappa shape index (κ1) is 17.0. The molecule has 21 heavy (non-hydrogen) atoms. The topological polar surface area (TPSA) is 12.0 Å². The molecule has 1 nitrogen and oxygen atoms in total. The third-order valence-electron chi connectivity index (χ3n) is 4.60. The summed E-state index contributed by atoms with van der Waals surface area (Å²) in [6, 6.07) is 5.87. The minimum absolute atomic E-state index is 0.160. The average molecular weight is 356 g/mol. The molecule has 0 saturated heterocycles. The maximum absolute atomic E-state index is 13.9. The van der Waals surface area contributed by atoms with Crippen molar-refractivity contribution >= 4 is 15.9 Å². The van der Waals surface area contributed by atoms with E-state index in [1.54, 1.807) is 6.07 Å². The first-order valence-corrected chi connectivity index (χ1v) is 8.98. The summed E-state index contributed by atoms with van der Waals surface area (Å²) in [6.45, 7) is 7.86. The van der Waals surface area contributed by atoms with Gasteiger partial charge < -0.3 is 5.32 Å². The molecule has 1 N–H and O–H groups in total. The van der Waals surface area contributed by atoms with Gasteiger partial charge in [-0.3, -0.25) is 0 Å². The van der Waals surface area contributed by atoms with Gasteiger partial charge in [0, 0.05) is 6.04 Å². The second kappa shape index (κ2) is 7.73. The van der Waals surface area contributed by atoms with Crippen molar-refractivity contribution in [3.8, 4) is 0 Å². The van der Waals surface area contributed by atoms with Crippen LogP contribution in [0.3, 0.4) is 0 Å². The zero-order valence-electron chi connectivity index (χ0n) is 13.3. The Morgan fingerprint density at radius 3 is 2.48 bits per heavy atom. The van der Waals surface area contributed by atoms with Gasteiger partial charge in [0.25, 0.3) is 0 Å². The van der Waals surface area contributed by atoms with Crippen molar-refractivity contribution in [2.45, 2.75) is 52.5 Å². The molecule has 3 heteroatoms. The van der Waals surface area contributed by atoms with Crippen molar-refractivity contribution in [2.75, 3.05) is 6.54 Å². The SMILES string of the molecule is CCCNC(c1ccc(Br)c(F)c1)C1CC(C)CC(C)C1. The van der Waals surface area contributed by atoms with Crippen LogP contribution in [0, 0.1) is 23.6 Å². The Morgan fingerprint density at radius 2 is 1.90 bits per heavy atom. The van der Waals surface area contributed by atoms with Gasteiger partial charge in [-0.1, -0.05) is 26.8 Å². The Kier molecular flexibility index (Phi) is 6.24. The van der Waals surface area contributed by atoms with E-state index in [0.717, 1.165) is 30.4 Å². The molecule has 1 aliphatic carbocycles. The smallest absolute Gasteiger partial charge is 0.137 e. The lowest BCUT2D eigenvalue weighted by atomic mass is 9.72. The van der Waals surface area contributed by atoms with Crippen LogP contribution in [0.2, 0.25) is 0 Å². The van der Waals surface area contributed by atoms with Crippen LogP contribution in [0.25, 0.3) is 0 Å². The van der Waals surface area contributed by atoms with E-state index in [2.05, 4.69) is 48.1 Å². The van der Waals surface area contributed by atoms with Crippen molar-refractivity contribution in [1.29, 1.82) is 0 Å². The van der Waals surface area contributed by atoms with Gasteiger partial charge in [-0.15, -0.1) is 0 Å². The second-order valence-corrected chi connectivity index (χ2v) is 7.64. The maximum atomic E-state index is 13.9. The van der Waals surface area contributed by atoms with E-state index in [-0.39, 0.29) is 11.9 Å². The lowest BCUT2D eigenvalue weighted by Crippen LogP contribution is -2.33. The van der Waals surface area contributed by atoms with Crippen molar-refractivity contribution < 1.29 is 4.39 Å². The first-order valence-electron chi connectivity index (χ1n) is 8.19. The quantitative estimate of drug-likeness (QED) is 0.713. The fraction of sp³-hybridized carbons (Fsp3) is 0.667. The van der Waals surface area contributed by atoms with Gasteiger partial charge in [0.1, 0.15) is 5.82 Å². The van der Waals surface area contributed by atoms with Crippen LogP contribution in [0.1, 0.15) is 58.1 Å². The lowest BCUT2D eigenvalue weighted by Gasteiger charge is -2.37. The van der Waals surface area contributed by atoms with Crippen LogP contribution in [0.15, 0.2) is 22.7 Å². The molecule has 1 saturated carbocycles. The first-order chi connectivity index (χ1) is 10.0. The third kappa shape index (κ3) is 4.53. The number of halogens is 2. The van der Waals surface area contributed by atoms with Crippen LogP contribution < -0.4 is 5.32 Å². The highest BCUT2D eigenvalue weighted by Gasteiger charge is 2.30. The molecule has 0 amide bonds. The lowest BCUT2D eigenvalue weighted by molar-refractivity contribution is 0.176. The molecule has 0 heterocycles. The molecule has 1 fully saturated rings. The molecule has 118 valence electrons. The molecule has 3 atom stereocenters. The molecule has 1 aromatic rings. The molecule has 0 aliphatic heterocycles. The maximum Gasteiger partial charge on any atom is 0.137 e. The van der Waals surface area contributed by atoms with E-state index < -0.39 is 0 Å². The molecule has 1 aromatic carbocycles. The number of benzene rings is 1. The molecule has 0 aromatic heterocycles. The summed E-state index contributed by atoms with van der Waals surface area (Å²) in [5, 5.41) is 3.66. The van der Waals surface area contributed by atoms with Crippen LogP contribution in [0.5, 0.6) is 0 Å². The van der Waals surface area contributed by atoms with Gasteiger partial charge in [0.2, 0.25) is 0 Å². The van der Waals surface area contributed by atoms with Crippen LogP contribution in [-0.4, -0.2) is 6.54 Å². The summed E-state index contributed by atoms with van der Waals surface area (Å²) >= 11 is 3.25. The van der Waals surface area contributed by atoms with E-state index in [4.69, 9.17) is 0 Å². The summed E-state index contributed by atoms with van der Waals surface area (Å²) in [7, 11) is 0. The Bertz CT molecular complexity index is 453. The molecule has 2 rings (SSSR count). The highest BCUT2D eigenvalue weighted by molar-refractivity contribution is 9.10. The molecule has 3 unspecified atom stereocenters. The minimum Gasteiger partial charge on any atom is -0.310 e. The molecular formula is C18H27BrFN. The van der Waals surface area contributed by atoms with Gasteiger partial charge in [0.05, 0.1) is 4.47 Å². The highest BCUT2D eigenvalue weighted by Crippen LogP contribution is 2.40. The minimum atomic E-state index is -0.160. The van der Waals surface area contributed by atoms with Crippen LogP contribution in [-0.2, 0) is 0 Å². The largest absolute Gasteiger partial charge is 0.310 e. The number of hydrogen-bond acceptors (Lipinski definition) is 1. The fourth-order valence-corrected chi connectivity index (χ4v) is 4.09. The summed E-state index contributed by atoms with van der Waals surface area (Å²) in [5.41, 5.74) is 1.09. The zero-order valence-corrected chi connectivity index (χ0v) is 14.9. The van der Waals surface area contributed by atoms with E-state index >= 15 is 0 Å². The predicted octanol–water partition coefficient (Wildman–Crippen LogP) is 5.70. The highest BCUT2D eigenvalue weighted by atomic mass is 79.9. The Labute approximate surface area is 136 Å². The molecule has 0 bridgehead atoms. The van der Waals surface area contributed by atoms with Gasteiger partial charge in [-0.05, 0) is 83.6 Å². The molecular weight excluding hydrogens is 329 g/mol. The van der Waals surface area contributed by atoms with Crippen molar-refractivity contribution in [3.63, 3.8) is 0 Å². The molecule has 1 aliphatic rings. The summed E-state index contributed by atoms with van der Waals surface area (Å²) < 4.78 is 14.5. The van der Waals surface area contributed by atoms with E-state index in [1.807, 2.05) is 6.07 Å². The molecule has 0 radical (unpaired) electrons. The van der Waals surface area contributed by atoms with Crippen LogP contribution >= 0.6 is 15.9 Å². The van der Waals surface area contributed by atoms with Gasteiger partial charge >= 0.3 is 0 Å². The second-order valence-electron chi connectivity index (χ2n) is 6.78. The Balaban J connectivity index is 2.22. The van der Waals surface area contributed by atoms with E-state index in [9.17, 15) is 4.39 Å². The van der Waals surface area contributed by atoms with Gasteiger partial charge in [-0.2, -0.15) is 0 Å². The summed E-state index contributed by atoms with van der Waals surface area (Å²) in [4.78, 5) is 0. The number of hydrogen-bond donors (Lipinski definition) is 1. The summed E-state index contributed by atoms with van der Waals surface area (Å²) in [5.74, 6) is 1.98. The van der Waals surface area contributed by atoms with Crippen molar-refractivity contribution in [1.82, 2.24) is 5.32 Å². The summed E-state index contributed by atoms with van der Waals surface area (Å²) in [6.07, 6.45) is 4.91. The zero-order chi connectivity index (χ0) is 15.4. The van der Waals surface area contributed by atoms with Gasteiger partial charge in [-0.25, -0.2) is 4.39 Å². The average Bonchev–Trinajstić information content (AvgIpc) is 2.42. The third-order valence-corrected chi connectivity index (χ3v) is 5.25. The number of rotatable bonds is 5. The van der Waals surface area contributed by atoms with Gasteiger partial charge in [0.15, 0.2) is 0 Å². The monoisotopic (exact) mass is 355 g/mol. The predicted molar refractivity (Wildman–Crippen MR) is 90.8 cm³/mol. The Hall–Kier alpha value is -0.410. The van der Waals surface area contributed by atoms with E-state index in [0.29, 0.717) is 10.4 Å². The van der Waals surface area contributed by atoms with E-state index in [1.165, 1.54) is 19.3 Å². The van der Waals surface area contributed by atoms with Crippen LogP contribution in [0.4, 0.5) is 4.39 Å². The normalized spacial score (nSPS) is 27.6. The van der Waals surface area contributed by atoms with Crippen molar-refractivity contribution in [2.24, 2.45) is 17.8 Å². The number of nitrogens with one attached hydrogen (secondary N) is 1. The standard InChI is InChI=1S/C18H27BrFN/c1-4-7-21-18(14-5-6-16(19)17(20)11-14)15-9-12(2)8-13(3)10-15/h5-6,11-13,15,18,21H,4,7-10H2,1-3H3. The Morgan fingerprint density at radius 1 is 1.24 bits per heavy atom. The molecule has 0 spiro atoms. The van der Waals surface area contributed by atoms with Crippen molar-refractivity contribution in [3.05, 3.63) is 34.1 Å².